The van der Waals surface area contributed by atoms with Crippen molar-refractivity contribution in [3.05, 3.63) is 35.9 Å². The third kappa shape index (κ3) is 6.19. The molecule has 0 radical (unpaired) electrons. The van der Waals surface area contributed by atoms with Gasteiger partial charge in [0.15, 0.2) is 0 Å². The van der Waals surface area contributed by atoms with Crippen molar-refractivity contribution in [2.75, 3.05) is 19.7 Å². The fraction of sp³-hybridized carbons (Fsp3) is 0.500. The van der Waals surface area contributed by atoms with Crippen LogP contribution in [0.4, 0.5) is 13.2 Å². The maximum absolute atomic E-state index is 12.3. The van der Waals surface area contributed by atoms with E-state index in [-0.39, 0.29) is 31.9 Å². The molecule has 2 rings (SSSR count). The minimum atomic E-state index is -4.43. The zero-order valence-electron chi connectivity index (χ0n) is 13.0. The van der Waals surface area contributed by atoms with E-state index in [2.05, 4.69) is 5.32 Å². The number of likely N-dealkylation sites (tertiary alicyclic amines) is 1. The average Bonchev–Trinajstić information content (AvgIpc) is 2.82. The number of halogens is 3. The van der Waals surface area contributed by atoms with E-state index >= 15 is 0 Å². The van der Waals surface area contributed by atoms with Gasteiger partial charge in [0.1, 0.15) is 6.54 Å². The monoisotopic (exact) mass is 344 g/mol. The molecule has 1 aliphatic heterocycles. The highest BCUT2D eigenvalue weighted by Gasteiger charge is 2.38. The Morgan fingerprint density at radius 1 is 1.29 bits per heavy atom. The third-order valence-corrected chi connectivity index (χ3v) is 3.53. The van der Waals surface area contributed by atoms with Crippen LogP contribution in [0.15, 0.2) is 30.3 Å². The molecule has 1 heterocycles. The summed E-state index contributed by atoms with van der Waals surface area (Å²) in [4.78, 5) is 24.0. The highest BCUT2D eigenvalue weighted by Crippen LogP contribution is 2.20. The van der Waals surface area contributed by atoms with E-state index in [0.29, 0.717) is 6.61 Å². The predicted molar refractivity (Wildman–Crippen MR) is 79.9 cm³/mol. The maximum atomic E-state index is 12.3. The Morgan fingerprint density at radius 2 is 2.00 bits per heavy atom. The molecule has 1 N–H and O–H groups in total. The number of hydrogen-bond donors (Lipinski definition) is 1. The topological polar surface area (TPSA) is 58.6 Å². The number of hydrogen-bond acceptors (Lipinski definition) is 3. The van der Waals surface area contributed by atoms with Crippen LogP contribution in [0.5, 0.6) is 0 Å². The molecule has 1 aromatic rings. The molecule has 0 bridgehead atoms. The van der Waals surface area contributed by atoms with E-state index in [4.69, 9.17) is 4.74 Å². The molecule has 1 saturated heterocycles. The summed E-state index contributed by atoms with van der Waals surface area (Å²) in [5.41, 5.74) is 0.988. The van der Waals surface area contributed by atoms with Gasteiger partial charge in [-0.05, 0) is 5.56 Å². The smallest absolute Gasteiger partial charge is 0.376 e. The normalized spacial score (nSPS) is 18.0. The molecule has 0 aromatic heterocycles. The first-order valence-electron chi connectivity index (χ1n) is 7.59. The Bertz CT molecular complexity index is 563. The van der Waals surface area contributed by atoms with Gasteiger partial charge in [0, 0.05) is 19.4 Å². The number of benzene rings is 1. The summed E-state index contributed by atoms with van der Waals surface area (Å²) >= 11 is 0. The molecular formula is C16H19F3N2O3. The van der Waals surface area contributed by atoms with Crippen molar-refractivity contribution in [1.82, 2.24) is 10.2 Å². The van der Waals surface area contributed by atoms with Gasteiger partial charge < -0.3 is 15.0 Å². The van der Waals surface area contributed by atoms with Crippen LogP contribution in [0.1, 0.15) is 18.4 Å². The van der Waals surface area contributed by atoms with Gasteiger partial charge in [0.25, 0.3) is 0 Å². The first-order chi connectivity index (χ1) is 11.3. The van der Waals surface area contributed by atoms with Crippen LogP contribution >= 0.6 is 0 Å². The van der Waals surface area contributed by atoms with E-state index in [9.17, 15) is 22.8 Å². The summed E-state index contributed by atoms with van der Waals surface area (Å²) in [5.74, 6) is -0.937. The van der Waals surface area contributed by atoms with Crippen molar-refractivity contribution < 1.29 is 27.5 Å². The van der Waals surface area contributed by atoms with Crippen LogP contribution in [0.3, 0.4) is 0 Å². The standard InChI is InChI=1S/C16H19F3N2O3/c17-16(18,19)11-21-9-13(8-15(21)23)20-14(22)6-7-24-10-12-4-2-1-3-5-12/h1-5,13H,6-11H2,(H,20,22)/t13-/m0/s1. The minimum absolute atomic E-state index is 0.0940. The number of rotatable bonds is 7. The van der Waals surface area contributed by atoms with Crippen molar-refractivity contribution in [2.24, 2.45) is 0 Å². The predicted octanol–water partition coefficient (Wildman–Crippen LogP) is 1.87. The second-order valence-corrected chi connectivity index (χ2v) is 5.65. The number of nitrogens with one attached hydrogen (secondary N) is 1. The Morgan fingerprint density at radius 3 is 2.67 bits per heavy atom. The SMILES string of the molecule is O=C(CCOCc1ccccc1)N[C@H]1CC(=O)N(CC(F)(F)F)C1. The second kappa shape index (κ2) is 8.14. The Labute approximate surface area is 137 Å². The molecule has 1 aliphatic rings. The van der Waals surface area contributed by atoms with Gasteiger partial charge >= 0.3 is 6.18 Å². The van der Waals surface area contributed by atoms with Crippen molar-refractivity contribution >= 4 is 11.8 Å². The summed E-state index contributed by atoms with van der Waals surface area (Å²) in [7, 11) is 0. The quantitative estimate of drug-likeness (QED) is 0.769. The number of alkyl halides is 3. The van der Waals surface area contributed by atoms with Crippen molar-refractivity contribution in [1.29, 1.82) is 0 Å². The third-order valence-electron chi connectivity index (χ3n) is 3.53. The molecule has 1 fully saturated rings. The zero-order chi connectivity index (χ0) is 17.6. The van der Waals surface area contributed by atoms with Crippen LogP contribution in [0, 0.1) is 0 Å². The molecule has 0 aliphatic carbocycles. The summed E-state index contributed by atoms with van der Waals surface area (Å²) < 4.78 is 42.3. The van der Waals surface area contributed by atoms with Crippen LogP contribution in [0.2, 0.25) is 0 Å². The Hall–Kier alpha value is -2.09. The van der Waals surface area contributed by atoms with E-state index in [1.165, 1.54) is 0 Å². The van der Waals surface area contributed by atoms with E-state index < -0.39 is 24.7 Å². The molecule has 1 atom stereocenters. The highest BCUT2D eigenvalue weighted by atomic mass is 19.4. The van der Waals surface area contributed by atoms with Crippen molar-refractivity contribution in [3.63, 3.8) is 0 Å². The molecular weight excluding hydrogens is 325 g/mol. The van der Waals surface area contributed by atoms with Gasteiger partial charge in [0.2, 0.25) is 11.8 Å². The van der Waals surface area contributed by atoms with Gasteiger partial charge in [-0.15, -0.1) is 0 Å². The number of amides is 2. The van der Waals surface area contributed by atoms with Gasteiger partial charge in [0.05, 0.1) is 19.3 Å². The first kappa shape index (κ1) is 18.3. The Balaban J connectivity index is 1.65. The fourth-order valence-electron chi connectivity index (χ4n) is 2.47. The van der Waals surface area contributed by atoms with Crippen LogP contribution in [0.25, 0.3) is 0 Å². The molecule has 132 valence electrons. The van der Waals surface area contributed by atoms with Gasteiger partial charge in [-0.3, -0.25) is 9.59 Å². The summed E-state index contributed by atoms with van der Waals surface area (Å²) in [6, 6.07) is 8.88. The molecule has 0 unspecified atom stereocenters. The zero-order valence-corrected chi connectivity index (χ0v) is 13.0. The Kier molecular flexibility index (Phi) is 6.19. The van der Waals surface area contributed by atoms with Gasteiger partial charge in [-0.1, -0.05) is 30.3 Å². The van der Waals surface area contributed by atoms with Crippen LogP contribution in [-0.4, -0.2) is 48.6 Å². The number of carbonyl (C=O) groups is 2. The van der Waals surface area contributed by atoms with Gasteiger partial charge in [-0.25, -0.2) is 0 Å². The summed E-state index contributed by atoms with van der Waals surface area (Å²) in [6.07, 6.45) is -4.44. The lowest BCUT2D eigenvalue weighted by molar-refractivity contribution is -0.157. The van der Waals surface area contributed by atoms with Crippen molar-refractivity contribution in [3.8, 4) is 0 Å². The van der Waals surface area contributed by atoms with Gasteiger partial charge in [-0.2, -0.15) is 13.2 Å². The lowest BCUT2D eigenvalue weighted by atomic mass is 10.2. The van der Waals surface area contributed by atoms with Crippen LogP contribution < -0.4 is 5.32 Å². The number of ether oxygens (including phenoxy) is 1. The molecule has 24 heavy (non-hydrogen) atoms. The largest absolute Gasteiger partial charge is 0.406 e. The summed E-state index contributed by atoms with van der Waals surface area (Å²) in [6.45, 7) is -0.809. The van der Waals surface area contributed by atoms with E-state index in [1.54, 1.807) is 0 Å². The molecule has 5 nitrogen and oxygen atoms in total. The van der Waals surface area contributed by atoms with Crippen molar-refractivity contribution in [2.45, 2.75) is 31.7 Å². The molecule has 1 aromatic carbocycles. The van der Waals surface area contributed by atoms with Crippen LogP contribution in [-0.2, 0) is 20.9 Å². The maximum Gasteiger partial charge on any atom is 0.406 e. The van der Waals surface area contributed by atoms with E-state index in [1.807, 2.05) is 30.3 Å². The number of nitrogens with zero attached hydrogens (tertiary/aromatic N) is 1. The first-order valence-corrected chi connectivity index (χ1v) is 7.59. The molecule has 0 spiro atoms. The minimum Gasteiger partial charge on any atom is -0.376 e. The fourth-order valence-corrected chi connectivity index (χ4v) is 2.47. The lowest BCUT2D eigenvalue weighted by Crippen LogP contribution is -2.40. The van der Waals surface area contributed by atoms with E-state index in [0.717, 1.165) is 10.5 Å². The second-order valence-electron chi connectivity index (χ2n) is 5.65. The molecule has 8 heteroatoms. The number of carbonyl (C=O) groups excluding carboxylic acids is 2. The highest BCUT2D eigenvalue weighted by molar-refractivity contribution is 5.82. The lowest BCUT2D eigenvalue weighted by Gasteiger charge is -2.18. The molecule has 0 saturated carbocycles. The summed E-state index contributed by atoms with van der Waals surface area (Å²) in [5, 5.41) is 2.57. The molecule has 2 amide bonds. The average molecular weight is 344 g/mol.